The number of nitrogens with zero attached hydrogens (tertiary/aromatic N) is 1. The van der Waals surface area contributed by atoms with Crippen LogP contribution in [0.2, 0.25) is 0 Å². The molecular formula is C10H19N3O. The van der Waals surface area contributed by atoms with Gasteiger partial charge in [0.2, 0.25) is 5.91 Å². The van der Waals surface area contributed by atoms with Crippen molar-refractivity contribution in [2.24, 2.45) is 5.92 Å². The minimum absolute atomic E-state index is 0.176. The van der Waals surface area contributed by atoms with Crippen molar-refractivity contribution in [3.8, 4) is 0 Å². The molecule has 2 unspecified atom stereocenters. The second-order valence-corrected chi connectivity index (χ2v) is 4.52. The molecule has 80 valence electrons. The lowest BCUT2D eigenvalue weighted by molar-refractivity contribution is -0.125. The average Bonchev–Trinajstić information content (AvgIpc) is 2.54. The van der Waals surface area contributed by atoms with Gasteiger partial charge in [-0.05, 0) is 32.4 Å². The van der Waals surface area contributed by atoms with Crippen LogP contribution in [0.3, 0.4) is 0 Å². The topological polar surface area (TPSA) is 44.4 Å². The smallest absolute Gasteiger partial charge is 0.234 e. The monoisotopic (exact) mass is 197 g/mol. The van der Waals surface area contributed by atoms with E-state index < -0.39 is 0 Å². The molecule has 2 N–H and O–H groups in total. The lowest BCUT2D eigenvalue weighted by Gasteiger charge is -2.32. The minimum Gasteiger partial charge on any atom is -0.351 e. The number of nitrogens with one attached hydrogen (secondary N) is 2. The van der Waals surface area contributed by atoms with Gasteiger partial charge in [-0.25, -0.2) is 0 Å². The molecule has 0 saturated carbocycles. The Bertz CT molecular complexity index is 213. The van der Waals surface area contributed by atoms with Gasteiger partial charge in [0.05, 0.1) is 6.54 Å². The first-order valence-electron chi connectivity index (χ1n) is 5.46. The Morgan fingerprint density at radius 1 is 1.57 bits per heavy atom. The summed E-state index contributed by atoms with van der Waals surface area (Å²) in [7, 11) is 0. The molecule has 2 fully saturated rings. The number of piperazine rings is 1. The zero-order valence-corrected chi connectivity index (χ0v) is 8.75. The van der Waals surface area contributed by atoms with Crippen LogP contribution in [0, 0.1) is 5.92 Å². The molecule has 4 heteroatoms. The molecular weight excluding hydrogens is 178 g/mol. The van der Waals surface area contributed by atoms with Gasteiger partial charge in [0.15, 0.2) is 0 Å². The van der Waals surface area contributed by atoms with Crippen molar-refractivity contribution in [3.05, 3.63) is 0 Å². The molecule has 0 spiro atoms. The maximum Gasteiger partial charge on any atom is 0.234 e. The summed E-state index contributed by atoms with van der Waals surface area (Å²) < 4.78 is 0. The molecule has 2 rings (SSSR count). The first-order chi connectivity index (χ1) is 6.74. The highest BCUT2D eigenvalue weighted by Crippen LogP contribution is 2.11. The Labute approximate surface area is 85.0 Å². The zero-order chi connectivity index (χ0) is 9.97. The van der Waals surface area contributed by atoms with E-state index >= 15 is 0 Å². The van der Waals surface area contributed by atoms with E-state index in [9.17, 15) is 4.79 Å². The van der Waals surface area contributed by atoms with E-state index in [2.05, 4.69) is 22.5 Å². The Hall–Kier alpha value is -0.610. The highest BCUT2D eigenvalue weighted by molar-refractivity contribution is 5.79. The average molecular weight is 197 g/mol. The normalized spacial score (nSPS) is 34.5. The third-order valence-corrected chi connectivity index (χ3v) is 2.99. The Kier molecular flexibility index (Phi) is 3.03. The predicted molar refractivity (Wildman–Crippen MR) is 55.0 cm³/mol. The Morgan fingerprint density at radius 2 is 2.43 bits per heavy atom. The molecule has 14 heavy (non-hydrogen) atoms. The predicted octanol–water partition coefficient (Wildman–Crippen LogP) is -0.584. The van der Waals surface area contributed by atoms with E-state index in [-0.39, 0.29) is 5.91 Å². The van der Waals surface area contributed by atoms with Gasteiger partial charge in [-0.15, -0.1) is 0 Å². The number of hydrogen-bond acceptors (Lipinski definition) is 3. The summed E-state index contributed by atoms with van der Waals surface area (Å²) in [5.74, 6) is 0.919. The number of hydrogen-bond donors (Lipinski definition) is 2. The van der Waals surface area contributed by atoms with Crippen molar-refractivity contribution in [1.82, 2.24) is 15.5 Å². The Balaban J connectivity index is 1.81. The first-order valence-corrected chi connectivity index (χ1v) is 5.46. The molecule has 0 aromatic heterocycles. The van der Waals surface area contributed by atoms with Crippen LogP contribution in [-0.4, -0.2) is 49.6 Å². The van der Waals surface area contributed by atoms with Gasteiger partial charge in [0, 0.05) is 19.1 Å². The van der Waals surface area contributed by atoms with Crippen molar-refractivity contribution < 1.29 is 4.79 Å². The van der Waals surface area contributed by atoms with Crippen LogP contribution in [0.25, 0.3) is 0 Å². The van der Waals surface area contributed by atoms with E-state index in [4.69, 9.17) is 0 Å². The molecule has 0 aromatic carbocycles. The molecule has 2 aliphatic heterocycles. The molecule has 0 aromatic rings. The quantitative estimate of drug-likeness (QED) is 0.622. The maximum atomic E-state index is 11.3. The Morgan fingerprint density at radius 3 is 3.07 bits per heavy atom. The summed E-state index contributed by atoms with van der Waals surface area (Å²) in [5, 5.41) is 6.29. The molecule has 4 nitrogen and oxygen atoms in total. The summed E-state index contributed by atoms with van der Waals surface area (Å²) >= 11 is 0. The highest BCUT2D eigenvalue weighted by Gasteiger charge is 2.24. The maximum absolute atomic E-state index is 11.3. The van der Waals surface area contributed by atoms with Crippen LogP contribution in [0.5, 0.6) is 0 Å². The SMILES string of the molecule is CC1CN(CC2CCNC2)CC(=O)N1. The number of carbonyl (C=O) groups is 1. The third-order valence-electron chi connectivity index (χ3n) is 2.99. The van der Waals surface area contributed by atoms with Crippen LogP contribution >= 0.6 is 0 Å². The van der Waals surface area contributed by atoms with Crippen LogP contribution in [0.1, 0.15) is 13.3 Å². The van der Waals surface area contributed by atoms with E-state index in [1.54, 1.807) is 0 Å². The molecule has 0 radical (unpaired) electrons. The summed E-state index contributed by atoms with van der Waals surface area (Å²) in [5.41, 5.74) is 0. The lowest BCUT2D eigenvalue weighted by Crippen LogP contribution is -2.53. The minimum atomic E-state index is 0.176. The summed E-state index contributed by atoms with van der Waals surface area (Å²) in [4.78, 5) is 13.6. The largest absolute Gasteiger partial charge is 0.351 e. The summed E-state index contributed by atoms with van der Waals surface area (Å²) in [6.07, 6.45) is 1.26. The highest BCUT2D eigenvalue weighted by atomic mass is 16.2. The van der Waals surface area contributed by atoms with Gasteiger partial charge < -0.3 is 10.6 Å². The van der Waals surface area contributed by atoms with Gasteiger partial charge in [-0.3, -0.25) is 9.69 Å². The van der Waals surface area contributed by atoms with Crippen molar-refractivity contribution in [3.63, 3.8) is 0 Å². The van der Waals surface area contributed by atoms with Crippen molar-refractivity contribution in [2.75, 3.05) is 32.7 Å². The first kappa shape index (κ1) is 9.93. The van der Waals surface area contributed by atoms with Crippen LogP contribution < -0.4 is 10.6 Å². The van der Waals surface area contributed by atoms with E-state index in [1.807, 2.05) is 0 Å². The summed E-state index contributed by atoms with van der Waals surface area (Å²) in [6, 6.07) is 0.311. The van der Waals surface area contributed by atoms with Gasteiger partial charge in [-0.1, -0.05) is 0 Å². The van der Waals surface area contributed by atoms with Crippen LogP contribution in [0.15, 0.2) is 0 Å². The molecule has 0 bridgehead atoms. The standard InChI is InChI=1S/C10H19N3O/c1-8-5-13(7-10(14)12-8)6-9-2-3-11-4-9/h8-9,11H,2-7H2,1H3,(H,12,14). The fourth-order valence-corrected chi connectivity index (χ4v) is 2.40. The molecule has 2 saturated heterocycles. The number of amides is 1. The van der Waals surface area contributed by atoms with Gasteiger partial charge in [-0.2, -0.15) is 0 Å². The van der Waals surface area contributed by atoms with Gasteiger partial charge in [0.25, 0.3) is 0 Å². The number of carbonyl (C=O) groups excluding carboxylic acids is 1. The van der Waals surface area contributed by atoms with Crippen molar-refractivity contribution in [2.45, 2.75) is 19.4 Å². The third kappa shape index (κ3) is 2.45. The van der Waals surface area contributed by atoms with Crippen molar-refractivity contribution >= 4 is 5.91 Å². The fraction of sp³-hybridized carbons (Fsp3) is 0.900. The van der Waals surface area contributed by atoms with Crippen molar-refractivity contribution in [1.29, 1.82) is 0 Å². The van der Waals surface area contributed by atoms with E-state index in [0.29, 0.717) is 12.6 Å². The summed E-state index contributed by atoms with van der Waals surface area (Å²) in [6.45, 7) is 6.98. The second kappa shape index (κ2) is 4.28. The van der Waals surface area contributed by atoms with E-state index in [0.717, 1.165) is 32.1 Å². The van der Waals surface area contributed by atoms with Crippen LogP contribution in [-0.2, 0) is 4.79 Å². The molecule has 2 aliphatic rings. The van der Waals surface area contributed by atoms with Crippen LogP contribution in [0.4, 0.5) is 0 Å². The van der Waals surface area contributed by atoms with E-state index in [1.165, 1.54) is 6.42 Å². The number of rotatable bonds is 2. The van der Waals surface area contributed by atoms with Gasteiger partial charge >= 0.3 is 0 Å². The van der Waals surface area contributed by atoms with Gasteiger partial charge in [0.1, 0.15) is 0 Å². The molecule has 0 aliphatic carbocycles. The molecule has 2 heterocycles. The molecule has 2 atom stereocenters. The lowest BCUT2D eigenvalue weighted by atomic mass is 10.1. The zero-order valence-electron chi connectivity index (χ0n) is 8.75. The molecule has 1 amide bonds. The fourth-order valence-electron chi connectivity index (χ4n) is 2.40. The second-order valence-electron chi connectivity index (χ2n) is 4.52.